The van der Waals surface area contributed by atoms with Crippen molar-refractivity contribution < 1.29 is 4.79 Å². The highest BCUT2D eigenvalue weighted by atomic mass is 32.1. The summed E-state index contributed by atoms with van der Waals surface area (Å²) in [5.41, 5.74) is -0.651. The molecule has 9 N–H and O–H groups in total. The number of rotatable bonds is 11. The first-order valence-electron chi connectivity index (χ1n) is 15.0. The SMILES string of the molecule is C#CCCCCCCCCCNC(=S)NC12CNCCNCC(NC(C)=O)(CNCCNC1)CNCCNC2. The Morgan fingerprint density at radius 2 is 1.08 bits per heavy atom. The average molecular weight is 566 g/mol. The molecule has 0 atom stereocenters. The van der Waals surface area contributed by atoms with E-state index >= 15 is 0 Å². The van der Waals surface area contributed by atoms with Crippen LogP contribution in [0.15, 0.2) is 0 Å². The van der Waals surface area contributed by atoms with Gasteiger partial charge in [0.15, 0.2) is 5.11 Å². The van der Waals surface area contributed by atoms with Crippen LogP contribution in [-0.4, -0.2) is 107 Å². The second-order valence-electron chi connectivity index (χ2n) is 11.1. The van der Waals surface area contributed by atoms with Crippen LogP contribution in [-0.2, 0) is 4.79 Å². The smallest absolute Gasteiger partial charge is 0.217 e. The first-order chi connectivity index (χ1) is 19.0. The largest absolute Gasteiger partial charge is 0.363 e. The molecule has 2 bridgehead atoms. The van der Waals surface area contributed by atoms with Gasteiger partial charge >= 0.3 is 0 Å². The van der Waals surface area contributed by atoms with Crippen molar-refractivity contribution in [1.82, 2.24) is 47.9 Å². The zero-order valence-corrected chi connectivity index (χ0v) is 25.1. The lowest BCUT2D eigenvalue weighted by molar-refractivity contribution is -0.120. The lowest BCUT2D eigenvalue weighted by atomic mass is 9.97. The molecule has 3 aliphatic rings. The van der Waals surface area contributed by atoms with E-state index in [9.17, 15) is 4.79 Å². The number of fused-ring (bicyclic) bond motifs is 15. The molecular weight excluding hydrogens is 510 g/mol. The molecule has 0 spiro atoms. The molecule has 0 aromatic heterocycles. The minimum Gasteiger partial charge on any atom is -0.363 e. The number of amides is 1. The third-order valence-electron chi connectivity index (χ3n) is 7.32. The second kappa shape index (κ2) is 20.4. The van der Waals surface area contributed by atoms with Crippen molar-refractivity contribution in [2.75, 3.05) is 85.1 Å². The Morgan fingerprint density at radius 1 is 0.692 bits per heavy atom. The van der Waals surface area contributed by atoms with Gasteiger partial charge < -0.3 is 47.9 Å². The van der Waals surface area contributed by atoms with Crippen molar-refractivity contribution in [3.63, 3.8) is 0 Å². The zero-order valence-electron chi connectivity index (χ0n) is 24.2. The van der Waals surface area contributed by atoms with Gasteiger partial charge in [0.2, 0.25) is 5.91 Å². The van der Waals surface area contributed by atoms with Crippen LogP contribution in [0.3, 0.4) is 0 Å². The first-order valence-corrected chi connectivity index (χ1v) is 15.4. The van der Waals surface area contributed by atoms with Crippen LogP contribution >= 0.6 is 12.2 Å². The Balaban J connectivity index is 1.88. The molecule has 224 valence electrons. The highest BCUT2D eigenvalue weighted by Crippen LogP contribution is 2.08. The molecule has 3 heterocycles. The highest BCUT2D eigenvalue weighted by Gasteiger charge is 2.32. The van der Waals surface area contributed by atoms with Crippen LogP contribution in [0.2, 0.25) is 0 Å². The number of nitrogens with one attached hydrogen (secondary N) is 9. The molecular formula is C28H55N9OS. The highest BCUT2D eigenvalue weighted by molar-refractivity contribution is 7.80. The van der Waals surface area contributed by atoms with Gasteiger partial charge in [-0.05, 0) is 25.1 Å². The Labute approximate surface area is 242 Å². The summed E-state index contributed by atoms with van der Waals surface area (Å²) in [5, 5.41) is 32.6. The summed E-state index contributed by atoms with van der Waals surface area (Å²) in [6, 6.07) is 0. The number of thiocarbonyl (C=S) groups is 1. The van der Waals surface area contributed by atoms with Crippen molar-refractivity contribution in [1.29, 1.82) is 0 Å². The summed E-state index contributed by atoms with van der Waals surface area (Å²) in [4.78, 5) is 12.0. The minimum absolute atomic E-state index is 0.00976. The minimum atomic E-state index is -0.384. The van der Waals surface area contributed by atoms with Crippen molar-refractivity contribution in [3.05, 3.63) is 0 Å². The van der Waals surface area contributed by atoms with Crippen LogP contribution in [0, 0.1) is 12.3 Å². The maximum Gasteiger partial charge on any atom is 0.217 e. The number of unbranched alkanes of at least 4 members (excludes halogenated alkanes) is 7. The molecule has 0 radical (unpaired) electrons. The second-order valence-corrected chi connectivity index (χ2v) is 11.5. The van der Waals surface area contributed by atoms with E-state index in [1.54, 1.807) is 6.92 Å². The molecule has 0 aromatic rings. The molecule has 10 nitrogen and oxygen atoms in total. The topological polar surface area (TPSA) is 125 Å². The van der Waals surface area contributed by atoms with E-state index in [4.69, 9.17) is 18.6 Å². The summed E-state index contributed by atoms with van der Waals surface area (Å²) in [5.74, 6) is 2.71. The Kier molecular flexibility index (Phi) is 17.6. The molecule has 3 saturated heterocycles. The molecule has 0 unspecified atom stereocenters. The number of terminal acetylenes is 1. The number of hydrogen-bond donors (Lipinski definition) is 9. The van der Waals surface area contributed by atoms with E-state index in [2.05, 4.69) is 53.8 Å². The Bertz CT molecular complexity index is 687. The molecule has 3 rings (SSSR count). The van der Waals surface area contributed by atoms with Crippen molar-refractivity contribution in [2.45, 2.75) is 69.4 Å². The lowest BCUT2D eigenvalue weighted by Gasteiger charge is -2.39. The van der Waals surface area contributed by atoms with E-state index < -0.39 is 0 Å². The molecule has 3 aliphatic heterocycles. The molecule has 1 amide bonds. The van der Waals surface area contributed by atoms with Gasteiger partial charge in [-0.15, -0.1) is 12.3 Å². The van der Waals surface area contributed by atoms with Gasteiger partial charge in [0.25, 0.3) is 0 Å². The summed E-state index contributed by atoms with van der Waals surface area (Å²) >= 11 is 5.75. The molecule has 0 saturated carbocycles. The van der Waals surface area contributed by atoms with E-state index in [0.29, 0.717) is 24.7 Å². The van der Waals surface area contributed by atoms with Crippen molar-refractivity contribution >= 4 is 23.2 Å². The summed E-state index contributed by atoms with van der Waals surface area (Å²) < 4.78 is 0. The van der Waals surface area contributed by atoms with Gasteiger partial charge in [0.05, 0.1) is 11.1 Å². The van der Waals surface area contributed by atoms with Crippen molar-refractivity contribution in [3.8, 4) is 12.3 Å². The standard InChI is InChI=1S/C28H55N9OS/c1-3-4-5-6-7-8-9-10-11-12-35-26(39)37-28-22-32-16-13-29-19-27(36-25(2)38,20-30-14-17-33-23-28)21-31-15-18-34-24-28/h1,29-34H,4-24H2,2H3,(H,36,38)(H2,35,37,39). The van der Waals surface area contributed by atoms with E-state index in [0.717, 1.165) is 84.7 Å². The fraction of sp³-hybridized carbons (Fsp3) is 0.857. The molecule has 3 fully saturated rings. The van der Waals surface area contributed by atoms with Gasteiger partial charge in [-0.3, -0.25) is 4.79 Å². The van der Waals surface area contributed by atoms with Gasteiger partial charge in [0, 0.05) is 98.4 Å². The Morgan fingerprint density at radius 3 is 1.49 bits per heavy atom. The van der Waals surface area contributed by atoms with Crippen LogP contribution < -0.4 is 47.9 Å². The summed E-state index contributed by atoms with van der Waals surface area (Å²) in [7, 11) is 0. The Hall–Kier alpha value is -1.52. The van der Waals surface area contributed by atoms with E-state index in [1.165, 1.54) is 32.1 Å². The number of carbonyl (C=O) groups excluding carboxylic acids is 1. The monoisotopic (exact) mass is 565 g/mol. The summed E-state index contributed by atoms with van der Waals surface area (Å²) in [6.45, 7) is 11.8. The van der Waals surface area contributed by atoms with Crippen molar-refractivity contribution in [2.24, 2.45) is 0 Å². The zero-order chi connectivity index (χ0) is 28.1. The number of hydrogen-bond acceptors (Lipinski definition) is 8. The normalized spacial score (nSPS) is 25.5. The average Bonchev–Trinajstić information content (AvgIpc) is 2.90. The third-order valence-corrected chi connectivity index (χ3v) is 7.57. The molecule has 39 heavy (non-hydrogen) atoms. The maximum absolute atomic E-state index is 12.0. The molecule has 0 aliphatic carbocycles. The third kappa shape index (κ3) is 15.2. The lowest BCUT2D eigenvalue weighted by Crippen LogP contribution is -2.68. The van der Waals surface area contributed by atoms with E-state index in [-0.39, 0.29) is 17.0 Å². The van der Waals surface area contributed by atoms with Crippen LogP contribution in [0.25, 0.3) is 0 Å². The van der Waals surface area contributed by atoms with Crippen LogP contribution in [0.1, 0.15) is 58.3 Å². The fourth-order valence-corrected chi connectivity index (χ4v) is 5.55. The van der Waals surface area contributed by atoms with Gasteiger partial charge in [-0.1, -0.05) is 32.1 Å². The molecule has 11 heteroatoms. The quantitative estimate of drug-likeness (QED) is 0.0910. The predicted octanol–water partition coefficient (Wildman–Crippen LogP) is -0.617. The number of carbonyl (C=O) groups is 1. The van der Waals surface area contributed by atoms with Gasteiger partial charge in [-0.25, -0.2) is 0 Å². The van der Waals surface area contributed by atoms with Crippen LogP contribution in [0.4, 0.5) is 0 Å². The van der Waals surface area contributed by atoms with Gasteiger partial charge in [0.1, 0.15) is 0 Å². The van der Waals surface area contributed by atoms with Gasteiger partial charge in [-0.2, -0.15) is 0 Å². The first kappa shape index (κ1) is 33.7. The molecule has 0 aromatic carbocycles. The van der Waals surface area contributed by atoms with E-state index in [1.807, 2.05) is 0 Å². The van der Waals surface area contributed by atoms with Crippen LogP contribution in [0.5, 0.6) is 0 Å². The predicted molar refractivity (Wildman–Crippen MR) is 166 cm³/mol. The maximum atomic E-state index is 12.0. The summed E-state index contributed by atoms with van der Waals surface area (Å²) in [6.07, 6.45) is 14.8. The fourth-order valence-electron chi connectivity index (χ4n) is 5.23.